The number of amides is 1. The zero-order valence-corrected chi connectivity index (χ0v) is 14.3. The second-order valence-electron chi connectivity index (χ2n) is 6.90. The maximum Gasteiger partial charge on any atom is 0.255 e. The lowest BCUT2D eigenvalue weighted by Crippen LogP contribution is -2.34. The first-order chi connectivity index (χ1) is 11.8. The summed E-state index contributed by atoms with van der Waals surface area (Å²) in [5, 5.41) is 2.96. The van der Waals surface area contributed by atoms with Crippen LogP contribution in [-0.2, 0) is 6.54 Å². The summed E-state index contributed by atoms with van der Waals surface area (Å²) in [4.78, 5) is 23.9. The van der Waals surface area contributed by atoms with Gasteiger partial charge in [-0.15, -0.1) is 0 Å². The molecule has 0 aliphatic carbocycles. The number of hydrogen-bond acceptors (Lipinski definition) is 4. The lowest BCUT2D eigenvalue weighted by Gasteiger charge is -2.31. The quantitative estimate of drug-likeness (QED) is 0.935. The summed E-state index contributed by atoms with van der Waals surface area (Å²) in [6.07, 6.45) is 8.29. The summed E-state index contributed by atoms with van der Waals surface area (Å²) in [7, 11) is 0. The summed E-state index contributed by atoms with van der Waals surface area (Å²) in [6.45, 7) is 7.21. The van der Waals surface area contributed by atoms with Gasteiger partial charge in [-0.05, 0) is 38.9 Å². The Bertz CT molecular complexity index is 745. The smallest absolute Gasteiger partial charge is 0.255 e. The van der Waals surface area contributed by atoms with Gasteiger partial charge in [-0.25, -0.2) is 4.98 Å². The van der Waals surface area contributed by atoms with E-state index in [-0.39, 0.29) is 5.91 Å². The number of unbranched alkanes of at least 4 members (excludes halogenated alkanes) is 1. The van der Waals surface area contributed by atoms with Crippen molar-refractivity contribution in [3.05, 3.63) is 23.8 Å². The summed E-state index contributed by atoms with van der Waals surface area (Å²) >= 11 is 0. The van der Waals surface area contributed by atoms with E-state index in [1.54, 1.807) is 12.4 Å². The molecule has 0 aromatic carbocycles. The number of carbonyl (C=O) groups excluding carboxylic acids is 1. The molecule has 1 amide bonds. The number of imidazole rings is 1. The van der Waals surface area contributed by atoms with Crippen LogP contribution in [0, 0.1) is 0 Å². The highest BCUT2D eigenvalue weighted by atomic mass is 16.1. The van der Waals surface area contributed by atoms with Gasteiger partial charge >= 0.3 is 0 Å². The van der Waals surface area contributed by atoms with Crippen molar-refractivity contribution in [2.75, 3.05) is 26.2 Å². The van der Waals surface area contributed by atoms with E-state index in [0.29, 0.717) is 18.0 Å². The van der Waals surface area contributed by atoms with Crippen LogP contribution in [0.2, 0.25) is 0 Å². The molecule has 0 saturated carbocycles. The van der Waals surface area contributed by atoms with Crippen LogP contribution >= 0.6 is 0 Å². The fourth-order valence-electron chi connectivity index (χ4n) is 3.98. The average molecular weight is 327 g/mol. The second-order valence-corrected chi connectivity index (χ2v) is 6.90. The first-order valence-corrected chi connectivity index (χ1v) is 9.12. The van der Waals surface area contributed by atoms with Crippen molar-refractivity contribution in [1.29, 1.82) is 0 Å². The van der Waals surface area contributed by atoms with Crippen LogP contribution in [-0.4, -0.2) is 51.5 Å². The number of likely N-dealkylation sites (tertiary alicyclic amines) is 1. The van der Waals surface area contributed by atoms with Crippen LogP contribution in [0.5, 0.6) is 0 Å². The highest BCUT2D eigenvalue weighted by Gasteiger charge is 2.28. The molecule has 0 bridgehead atoms. The van der Waals surface area contributed by atoms with Gasteiger partial charge in [-0.2, -0.15) is 0 Å². The van der Waals surface area contributed by atoms with Gasteiger partial charge in [-0.3, -0.25) is 9.78 Å². The van der Waals surface area contributed by atoms with Crippen molar-refractivity contribution in [1.82, 2.24) is 24.8 Å². The van der Waals surface area contributed by atoms with E-state index < -0.39 is 0 Å². The topological polar surface area (TPSA) is 63.1 Å². The Morgan fingerprint density at radius 2 is 2.08 bits per heavy atom. The van der Waals surface area contributed by atoms with Crippen molar-refractivity contribution in [2.45, 2.75) is 45.1 Å². The highest BCUT2D eigenvalue weighted by molar-refractivity contribution is 6.05. The molecule has 1 N–H and O–H groups in total. The number of piperidine rings is 1. The molecule has 2 aromatic rings. The van der Waals surface area contributed by atoms with Crippen molar-refractivity contribution >= 4 is 16.9 Å². The van der Waals surface area contributed by atoms with E-state index in [1.165, 1.54) is 19.4 Å². The van der Waals surface area contributed by atoms with Crippen LogP contribution in [0.1, 0.15) is 54.7 Å². The molecule has 1 fully saturated rings. The normalized spacial score (nSPS) is 19.5. The van der Waals surface area contributed by atoms with Gasteiger partial charge in [0.2, 0.25) is 0 Å². The lowest BCUT2D eigenvalue weighted by molar-refractivity contribution is 0.0956. The molecule has 2 aromatic heterocycles. The SMILES string of the molecule is CCCCN1CCC(c2nc3cncc4c3n2CCNC4=O)CC1. The molecule has 4 heterocycles. The number of pyridine rings is 1. The van der Waals surface area contributed by atoms with Gasteiger partial charge in [0.05, 0.1) is 17.3 Å². The molecule has 0 unspecified atom stereocenters. The number of nitrogens with one attached hydrogen (secondary N) is 1. The minimum atomic E-state index is -0.0346. The van der Waals surface area contributed by atoms with E-state index in [1.807, 2.05) is 0 Å². The van der Waals surface area contributed by atoms with Crippen molar-refractivity contribution in [3.8, 4) is 0 Å². The van der Waals surface area contributed by atoms with Crippen LogP contribution < -0.4 is 5.32 Å². The zero-order valence-electron chi connectivity index (χ0n) is 14.3. The third-order valence-corrected chi connectivity index (χ3v) is 5.33. The van der Waals surface area contributed by atoms with Gasteiger partial charge in [0.15, 0.2) is 0 Å². The first kappa shape index (κ1) is 15.6. The predicted octanol–water partition coefficient (Wildman–Crippen LogP) is 2.15. The monoisotopic (exact) mass is 327 g/mol. The maximum atomic E-state index is 12.2. The molecule has 6 nitrogen and oxygen atoms in total. The molecule has 0 atom stereocenters. The summed E-state index contributed by atoms with van der Waals surface area (Å²) in [6, 6.07) is 0. The van der Waals surface area contributed by atoms with E-state index in [2.05, 4.69) is 26.7 Å². The first-order valence-electron chi connectivity index (χ1n) is 9.12. The Balaban J connectivity index is 1.63. The molecular formula is C18H25N5O. The Morgan fingerprint density at radius 3 is 2.88 bits per heavy atom. The fraction of sp³-hybridized carbons (Fsp3) is 0.611. The van der Waals surface area contributed by atoms with Gasteiger partial charge in [-0.1, -0.05) is 13.3 Å². The van der Waals surface area contributed by atoms with Crippen LogP contribution in [0.25, 0.3) is 11.0 Å². The predicted molar refractivity (Wildman–Crippen MR) is 93.2 cm³/mol. The van der Waals surface area contributed by atoms with Gasteiger partial charge in [0.1, 0.15) is 11.3 Å². The molecule has 24 heavy (non-hydrogen) atoms. The van der Waals surface area contributed by atoms with Crippen LogP contribution in [0.3, 0.4) is 0 Å². The summed E-state index contributed by atoms with van der Waals surface area (Å²) in [5.41, 5.74) is 2.47. The zero-order chi connectivity index (χ0) is 16.5. The van der Waals surface area contributed by atoms with Crippen molar-refractivity contribution in [3.63, 3.8) is 0 Å². The summed E-state index contributed by atoms with van der Waals surface area (Å²) < 4.78 is 2.26. The minimum Gasteiger partial charge on any atom is -0.350 e. The fourth-order valence-corrected chi connectivity index (χ4v) is 3.98. The van der Waals surface area contributed by atoms with Gasteiger partial charge < -0.3 is 14.8 Å². The van der Waals surface area contributed by atoms with E-state index in [0.717, 1.165) is 49.3 Å². The molecule has 6 heteroatoms. The molecular weight excluding hydrogens is 302 g/mol. The molecule has 0 spiro atoms. The Kier molecular flexibility index (Phi) is 4.22. The van der Waals surface area contributed by atoms with E-state index in [9.17, 15) is 4.79 Å². The second kappa shape index (κ2) is 6.51. The largest absolute Gasteiger partial charge is 0.350 e. The Hall–Kier alpha value is -1.95. The van der Waals surface area contributed by atoms with Crippen molar-refractivity contribution in [2.24, 2.45) is 0 Å². The van der Waals surface area contributed by atoms with Crippen LogP contribution in [0.15, 0.2) is 12.4 Å². The number of rotatable bonds is 4. The lowest BCUT2D eigenvalue weighted by atomic mass is 9.95. The summed E-state index contributed by atoms with van der Waals surface area (Å²) in [5.74, 6) is 1.59. The number of nitrogens with zero attached hydrogens (tertiary/aromatic N) is 4. The average Bonchev–Trinajstić information content (AvgIpc) is 2.90. The molecule has 128 valence electrons. The third kappa shape index (κ3) is 2.69. The van der Waals surface area contributed by atoms with E-state index >= 15 is 0 Å². The molecule has 2 aliphatic rings. The minimum absolute atomic E-state index is 0.0346. The van der Waals surface area contributed by atoms with Crippen LogP contribution in [0.4, 0.5) is 0 Å². The highest BCUT2D eigenvalue weighted by Crippen LogP contribution is 2.31. The molecule has 0 radical (unpaired) electrons. The number of hydrogen-bond donors (Lipinski definition) is 1. The van der Waals surface area contributed by atoms with E-state index in [4.69, 9.17) is 4.98 Å². The maximum absolute atomic E-state index is 12.2. The molecule has 1 saturated heterocycles. The molecule has 2 aliphatic heterocycles. The Morgan fingerprint density at radius 1 is 1.25 bits per heavy atom. The van der Waals surface area contributed by atoms with Gasteiger partial charge in [0.25, 0.3) is 5.91 Å². The molecule has 4 rings (SSSR count). The Labute approximate surface area is 142 Å². The third-order valence-electron chi connectivity index (χ3n) is 5.33. The van der Waals surface area contributed by atoms with Crippen molar-refractivity contribution < 1.29 is 4.79 Å². The number of carbonyl (C=O) groups is 1. The standard InChI is InChI=1S/C18H25N5O/c1-2-3-7-22-8-4-13(5-9-22)17-21-15-12-19-11-14-16(15)23(17)10-6-20-18(14)24/h11-13H,2-10H2,1H3,(H,20,24). The van der Waals surface area contributed by atoms with Gasteiger partial charge in [0, 0.05) is 25.2 Å². The number of aromatic nitrogens is 3.